The van der Waals surface area contributed by atoms with Crippen LogP contribution >= 0.6 is 15.9 Å². The minimum absolute atomic E-state index is 0.878. The number of fused-ring (bicyclic) bond motifs is 11. The largest absolute Gasteiger partial charge is 0.439 e. The Balaban J connectivity index is 1.55. The molecule has 0 amide bonds. The van der Waals surface area contributed by atoms with Crippen LogP contribution in [0.15, 0.2) is 118 Å². The molecule has 2 heterocycles. The smallest absolute Gasteiger partial charge is 0.213 e. The van der Waals surface area contributed by atoms with Gasteiger partial charge in [-0.3, -0.25) is 4.57 Å². The van der Waals surface area contributed by atoms with E-state index in [9.17, 15) is 0 Å². The molecule has 3 heteroatoms. The minimum atomic E-state index is 0.878. The third kappa shape index (κ3) is 2.59. The molecule has 8 rings (SSSR count). The summed E-state index contributed by atoms with van der Waals surface area (Å²) in [5, 5.41) is 11.1. The van der Waals surface area contributed by atoms with Gasteiger partial charge in [-0.25, -0.2) is 0 Å². The van der Waals surface area contributed by atoms with Gasteiger partial charge in [0.05, 0.1) is 10.9 Å². The van der Waals surface area contributed by atoms with Gasteiger partial charge in [-0.15, -0.1) is 0 Å². The summed E-state index contributed by atoms with van der Waals surface area (Å²) in [5.74, 6) is 0. The number of rotatable bonds is 1. The summed E-state index contributed by atoms with van der Waals surface area (Å²) in [7, 11) is 0. The normalized spacial score (nSPS) is 12.1. The molecule has 0 radical (unpaired) electrons. The SMILES string of the molecule is Brc1ccc2c(c1)c1c3ccccc3oc1n2-c1ccc2c3ccccc3c3ccccc3c2c1. The molecule has 0 aliphatic rings. The van der Waals surface area contributed by atoms with Gasteiger partial charge in [0.15, 0.2) is 0 Å². The molecular weight excluding hydrogens is 494 g/mol. The summed E-state index contributed by atoms with van der Waals surface area (Å²) >= 11 is 3.68. The van der Waals surface area contributed by atoms with E-state index >= 15 is 0 Å². The molecule has 0 spiro atoms. The van der Waals surface area contributed by atoms with Crippen molar-refractivity contribution in [3.63, 3.8) is 0 Å². The van der Waals surface area contributed by atoms with E-state index in [0.29, 0.717) is 0 Å². The molecule has 35 heavy (non-hydrogen) atoms. The Bertz CT molecular complexity index is 2090. The van der Waals surface area contributed by atoms with Crippen molar-refractivity contribution in [3.05, 3.63) is 114 Å². The van der Waals surface area contributed by atoms with Crippen LogP contribution in [0.5, 0.6) is 0 Å². The van der Waals surface area contributed by atoms with Gasteiger partial charge in [0.25, 0.3) is 0 Å². The van der Waals surface area contributed by atoms with E-state index in [4.69, 9.17) is 4.42 Å². The van der Waals surface area contributed by atoms with Crippen molar-refractivity contribution in [2.75, 3.05) is 0 Å². The first kappa shape index (κ1) is 19.2. The Morgan fingerprint density at radius 3 is 1.83 bits per heavy atom. The second kappa shape index (κ2) is 6.97. The highest BCUT2D eigenvalue weighted by Gasteiger charge is 2.20. The first-order chi connectivity index (χ1) is 17.3. The van der Waals surface area contributed by atoms with Crippen LogP contribution in [-0.4, -0.2) is 4.57 Å². The average Bonchev–Trinajstić information content (AvgIpc) is 3.43. The Morgan fingerprint density at radius 1 is 0.514 bits per heavy atom. The van der Waals surface area contributed by atoms with Gasteiger partial charge in [0.2, 0.25) is 5.71 Å². The zero-order valence-corrected chi connectivity index (χ0v) is 20.2. The monoisotopic (exact) mass is 511 g/mol. The number of halogens is 1. The molecular formula is C32H18BrNO. The van der Waals surface area contributed by atoms with Crippen LogP contribution in [-0.2, 0) is 0 Å². The highest BCUT2D eigenvalue weighted by Crippen LogP contribution is 2.41. The van der Waals surface area contributed by atoms with Crippen molar-refractivity contribution in [1.29, 1.82) is 0 Å². The van der Waals surface area contributed by atoms with Crippen LogP contribution < -0.4 is 0 Å². The molecule has 0 fully saturated rings. The molecule has 6 aromatic carbocycles. The second-order valence-corrected chi connectivity index (χ2v) is 10.0. The lowest BCUT2D eigenvalue weighted by Gasteiger charge is -2.13. The summed E-state index contributed by atoms with van der Waals surface area (Å²) < 4.78 is 9.81. The average molecular weight is 512 g/mol. The second-order valence-electron chi connectivity index (χ2n) is 9.10. The molecule has 2 aromatic heterocycles. The standard InChI is InChI=1S/C32H18BrNO/c33-19-13-16-29-28(17-19)31-26-11-5-6-12-30(26)35-32(31)34(29)20-14-15-25-23-9-2-1-7-21(23)22-8-3-4-10-24(22)27(25)18-20/h1-18H. The van der Waals surface area contributed by atoms with Crippen LogP contribution in [0.4, 0.5) is 0 Å². The first-order valence-corrected chi connectivity index (χ1v) is 12.5. The Labute approximate surface area is 209 Å². The first-order valence-electron chi connectivity index (χ1n) is 11.7. The lowest BCUT2D eigenvalue weighted by molar-refractivity contribution is 0.645. The highest BCUT2D eigenvalue weighted by atomic mass is 79.9. The number of furan rings is 1. The zero-order chi connectivity index (χ0) is 23.1. The number of hydrogen-bond donors (Lipinski definition) is 0. The number of benzene rings is 6. The van der Waals surface area contributed by atoms with Crippen molar-refractivity contribution < 1.29 is 4.42 Å². The Morgan fingerprint density at radius 2 is 1.11 bits per heavy atom. The summed E-state index contributed by atoms with van der Waals surface area (Å²) in [4.78, 5) is 0. The van der Waals surface area contributed by atoms with Gasteiger partial charge in [0, 0.05) is 20.9 Å². The van der Waals surface area contributed by atoms with Gasteiger partial charge in [-0.05, 0) is 68.7 Å². The van der Waals surface area contributed by atoms with Gasteiger partial charge >= 0.3 is 0 Å². The van der Waals surface area contributed by atoms with Crippen molar-refractivity contribution >= 4 is 81.2 Å². The topological polar surface area (TPSA) is 18.1 Å². The molecule has 8 aromatic rings. The summed E-state index contributed by atoms with van der Waals surface area (Å²) in [6.07, 6.45) is 0. The third-order valence-corrected chi connectivity index (χ3v) is 7.73. The molecule has 0 bridgehead atoms. The summed E-state index contributed by atoms with van der Waals surface area (Å²) in [6.45, 7) is 0. The zero-order valence-electron chi connectivity index (χ0n) is 18.6. The van der Waals surface area contributed by atoms with E-state index in [-0.39, 0.29) is 0 Å². The van der Waals surface area contributed by atoms with E-state index < -0.39 is 0 Å². The lowest BCUT2D eigenvalue weighted by Crippen LogP contribution is -1.94. The molecule has 0 atom stereocenters. The number of para-hydroxylation sites is 1. The van der Waals surface area contributed by atoms with E-state index in [1.165, 1.54) is 37.7 Å². The molecule has 0 aliphatic carbocycles. The molecule has 164 valence electrons. The van der Waals surface area contributed by atoms with Gasteiger partial charge in [0.1, 0.15) is 5.58 Å². The van der Waals surface area contributed by atoms with Crippen LogP contribution in [0.3, 0.4) is 0 Å². The molecule has 2 nitrogen and oxygen atoms in total. The number of hydrogen-bond acceptors (Lipinski definition) is 1. The minimum Gasteiger partial charge on any atom is -0.439 e. The highest BCUT2D eigenvalue weighted by molar-refractivity contribution is 9.10. The van der Waals surface area contributed by atoms with Crippen molar-refractivity contribution in [1.82, 2.24) is 4.57 Å². The predicted molar refractivity (Wildman–Crippen MR) is 151 cm³/mol. The van der Waals surface area contributed by atoms with E-state index in [0.717, 1.165) is 37.7 Å². The fraction of sp³-hybridized carbons (Fsp3) is 0. The van der Waals surface area contributed by atoms with Crippen molar-refractivity contribution in [2.45, 2.75) is 0 Å². The number of nitrogens with zero attached hydrogens (tertiary/aromatic N) is 1. The predicted octanol–water partition coefficient (Wildman–Crippen LogP) is 9.75. The fourth-order valence-electron chi connectivity index (χ4n) is 5.75. The number of aromatic nitrogens is 1. The molecule has 0 aliphatic heterocycles. The van der Waals surface area contributed by atoms with E-state index in [1.54, 1.807) is 0 Å². The van der Waals surface area contributed by atoms with Crippen molar-refractivity contribution in [2.24, 2.45) is 0 Å². The van der Waals surface area contributed by atoms with E-state index in [2.05, 4.69) is 118 Å². The maximum Gasteiger partial charge on any atom is 0.213 e. The van der Waals surface area contributed by atoms with Crippen LogP contribution in [0.25, 0.3) is 71.0 Å². The van der Waals surface area contributed by atoms with Gasteiger partial charge < -0.3 is 4.42 Å². The Kier molecular flexibility index (Phi) is 3.83. The maximum atomic E-state index is 6.48. The maximum absolute atomic E-state index is 6.48. The van der Waals surface area contributed by atoms with Crippen LogP contribution in [0.2, 0.25) is 0 Å². The molecule has 0 unspecified atom stereocenters. The van der Waals surface area contributed by atoms with Crippen LogP contribution in [0, 0.1) is 0 Å². The van der Waals surface area contributed by atoms with Crippen LogP contribution in [0.1, 0.15) is 0 Å². The quantitative estimate of drug-likeness (QED) is 0.200. The van der Waals surface area contributed by atoms with Crippen molar-refractivity contribution in [3.8, 4) is 5.69 Å². The fourth-order valence-corrected chi connectivity index (χ4v) is 6.12. The van der Waals surface area contributed by atoms with E-state index in [1.807, 2.05) is 12.1 Å². The third-order valence-electron chi connectivity index (χ3n) is 7.23. The molecule has 0 N–H and O–H groups in total. The summed E-state index contributed by atoms with van der Waals surface area (Å²) in [6, 6.07) is 39.0. The van der Waals surface area contributed by atoms with Gasteiger partial charge in [-0.2, -0.15) is 0 Å². The molecule has 0 saturated carbocycles. The summed E-state index contributed by atoms with van der Waals surface area (Å²) in [5.41, 5.74) is 4.02. The lowest BCUT2D eigenvalue weighted by atomic mass is 9.94. The van der Waals surface area contributed by atoms with Gasteiger partial charge in [-0.1, -0.05) is 88.7 Å². The molecule has 0 saturated heterocycles. The Hall–Kier alpha value is -4.08.